The molecule has 0 aliphatic heterocycles. The van der Waals surface area contributed by atoms with E-state index in [1.807, 2.05) is 31.2 Å². The van der Waals surface area contributed by atoms with Crippen LogP contribution in [-0.4, -0.2) is 9.38 Å². The first kappa shape index (κ1) is 11.7. The van der Waals surface area contributed by atoms with Crippen LogP contribution in [0.2, 0.25) is 5.02 Å². The van der Waals surface area contributed by atoms with Gasteiger partial charge in [-0.3, -0.25) is 4.40 Å². The van der Waals surface area contributed by atoms with E-state index in [4.69, 9.17) is 17.3 Å². The van der Waals surface area contributed by atoms with Crippen molar-refractivity contribution < 1.29 is 0 Å². The molecular weight excluding hydrogens is 266 g/mol. The van der Waals surface area contributed by atoms with Crippen molar-refractivity contribution in [2.75, 3.05) is 0 Å². The first-order chi connectivity index (χ1) is 8.70. The third-order valence-electron chi connectivity index (χ3n) is 2.99. The minimum atomic E-state index is 0.490. The number of benzene rings is 1. The van der Waals surface area contributed by atoms with Crippen LogP contribution in [0.5, 0.6) is 0 Å². The number of aromatic nitrogens is 2. The fraction of sp³-hybridized carbons (Fsp3) is 0.154. The van der Waals surface area contributed by atoms with Crippen molar-refractivity contribution >= 4 is 27.9 Å². The maximum Gasteiger partial charge on any atom is 0.194 e. The molecule has 0 amide bonds. The molecule has 2 N–H and O–H groups in total. The van der Waals surface area contributed by atoms with Gasteiger partial charge in [-0.05, 0) is 24.6 Å². The lowest BCUT2D eigenvalue weighted by Gasteiger charge is -2.03. The summed E-state index contributed by atoms with van der Waals surface area (Å²) in [6.07, 6.45) is 0. The van der Waals surface area contributed by atoms with Crippen LogP contribution in [0.15, 0.2) is 29.6 Å². The van der Waals surface area contributed by atoms with Crippen LogP contribution < -0.4 is 5.73 Å². The molecule has 0 saturated carbocycles. The molecule has 3 nitrogen and oxygen atoms in total. The fourth-order valence-corrected chi connectivity index (χ4v) is 3.17. The molecule has 0 aliphatic rings. The van der Waals surface area contributed by atoms with Gasteiger partial charge in [0.1, 0.15) is 0 Å². The quantitative estimate of drug-likeness (QED) is 0.779. The highest BCUT2D eigenvalue weighted by atomic mass is 35.5. The Morgan fingerprint density at radius 3 is 2.72 bits per heavy atom. The highest BCUT2D eigenvalue weighted by Crippen LogP contribution is 2.29. The Kier molecular flexibility index (Phi) is 2.86. The van der Waals surface area contributed by atoms with E-state index in [0.717, 1.165) is 32.6 Å². The maximum absolute atomic E-state index is 5.92. The summed E-state index contributed by atoms with van der Waals surface area (Å²) >= 11 is 7.54. The number of aryl methyl sites for hydroxylation is 1. The average Bonchev–Trinajstić information content (AvgIpc) is 2.88. The molecule has 0 fully saturated rings. The van der Waals surface area contributed by atoms with Gasteiger partial charge in [0.25, 0.3) is 0 Å². The van der Waals surface area contributed by atoms with Gasteiger partial charge >= 0.3 is 0 Å². The van der Waals surface area contributed by atoms with E-state index in [2.05, 4.69) is 14.8 Å². The summed E-state index contributed by atoms with van der Waals surface area (Å²) in [5.41, 5.74) is 10.1. The van der Waals surface area contributed by atoms with Crippen molar-refractivity contribution in [1.82, 2.24) is 9.38 Å². The third kappa shape index (κ3) is 1.73. The normalized spacial score (nSPS) is 11.3. The van der Waals surface area contributed by atoms with E-state index >= 15 is 0 Å². The number of hydrogen-bond donors (Lipinski definition) is 1. The summed E-state index contributed by atoms with van der Waals surface area (Å²) < 4.78 is 2.13. The zero-order chi connectivity index (χ0) is 12.7. The lowest BCUT2D eigenvalue weighted by molar-refractivity contribution is 0.953. The molecule has 0 bridgehead atoms. The second kappa shape index (κ2) is 4.39. The SMILES string of the molecule is Cc1nc2scc(-c3ccc(Cl)cc3)n2c1CN. The average molecular weight is 278 g/mol. The van der Waals surface area contributed by atoms with Gasteiger partial charge in [0.15, 0.2) is 4.96 Å². The molecule has 0 saturated heterocycles. The maximum atomic E-state index is 5.92. The molecule has 0 unspecified atom stereocenters. The Bertz CT molecular complexity index is 697. The van der Waals surface area contributed by atoms with Crippen LogP contribution >= 0.6 is 22.9 Å². The lowest BCUT2D eigenvalue weighted by Crippen LogP contribution is -2.03. The minimum absolute atomic E-state index is 0.490. The standard InChI is InChI=1S/C13H12ClN3S/c1-8-11(6-15)17-12(7-18-13(17)16-8)9-2-4-10(14)5-3-9/h2-5,7H,6,15H2,1H3. The van der Waals surface area contributed by atoms with E-state index in [-0.39, 0.29) is 0 Å². The van der Waals surface area contributed by atoms with Gasteiger partial charge in [-0.25, -0.2) is 4.98 Å². The minimum Gasteiger partial charge on any atom is -0.325 e. The zero-order valence-corrected chi connectivity index (χ0v) is 11.4. The topological polar surface area (TPSA) is 43.3 Å². The predicted molar refractivity (Wildman–Crippen MR) is 76.1 cm³/mol. The van der Waals surface area contributed by atoms with E-state index < -0.39 is 0 Å². The molecule has 18 heavy (non-hydrogen) atoms. The van der Waals surface area contributed by atoms with Gasteiger partial charge in [0.2, 0.25) is 0 Å². The Morgan fingerprint density at radius 1 is 1.33 bits per heavy atom. The predicted octanol–water partition coefficient (Wildman–Crippen LogP) is 3.48. The van der Waals surface area contributed by atoms with Gasteiger partial charge in [-0.15, -0.1) is 11.3 Å². The van der Waals surface area contributed by atoms with E-state index in [0.29, 0.717) is 6.54 Å². The van der Waals surface area contributed by atoms with Crippen LogP contribution in [0.3, 0.4) is 0 Å². The number of thiazole rings is 1. The molecule has 92 valence electrons. The Balaban J connectivity index is 2.25. The van der Waals surface area contributed by atoms with Crippen molar-refractivity contribution in [3.05, 3.63) is 46.1 Å². The van der Waals surface area contributed by atoms with Crippen LogP contribution in [0, 0.1) is 6.92 Å². The van der Waals surface area contributed by atoms with Gasteiger partial charge < -0.3 is 5.73 Å². The number of imidazole rings is 1. The highest BCUT2D eigenvalue weighted by Gasteiger charge is 2.13. The van der Waals surface area contributed by atoms with Crippen molar-refractivity contribution in [1.29, 1.82) is 0 Å². The molecule has 0 atom stereocenters. The van der Waals surface area contributed by atoms with E-state index in [9.17, 15) is 0 Å². The molecule has 3 rings (SSSR count). The third-order valence-corrected chi connectivity index (χ3v) is 4.07. The smallest absolute Gasteiger partial charge is 0.194 e. The molecule has 0 aliphatic carbocycles. The number of fused-ring (bicyclic) bond motifs is 1. The first-order valence-electron chi connectivity index (χ1n) is 5.62. The second-order valence-electron chi connectivity index (χ2n) is 4.09. The number of halogens is 1. The van der Waals surface area contributed by atoms with Crippen LogP contribution in [0.4, 0.5) is 0 Å². The van der Waals surface area contributed by atoms with E-state index in [1.54, 1.807) is 11.3 Å². The zero-order valence-electron chi connectivity index (χ0n) is 9.85. The largest absolute Gasteiger partial charge is 0.325 e. The van der Waals surface area contributed by atoms with Crippen LogP contribution in [0.25, 0.3) is 16.2 Å². The molecule has 1 aromatic carbocycles. The summed E-state index contributed by atoms with van der Waals surface area (Å²) in [7, 11) is 0. The van der Waals surface area contributed by atoms with Crippen molar-refractivity contribution in [2.24, 2.45) is 5.73 Å². The monoisotopic (exact) mass is 277 g/mol. The number of nitrogens with zero attached hydrogens (tertiary/aromatic N) is 2. The number of hydrogen-bond acceptors (Lipinski definition) is 3. The summed E-state index contributed by atoms with van der Waals surface area (Å²) in [5.74, 6) is 0. The van der Waals surface area contributed by atoms with Crippen molar-refractivity contribution in [3.8, 4) is 11.3 Å². The summed E-state index contributed by atoms with van der Waals surface area (Å²) in [6, 6.07) is 7.82. The number of rotatable bonds is 2. The summed E-state index contributed by atoms with van der Waals surface area (Å²) in [5, 5.41) is 2.84. The molecular formula is C13H12ClN3S. The first-order valence-corrected chi connectivity index (χ1v) is 6.88. The molecule has 3 aromatic rings. The highest BCUT2D eigenvalue weighted by molar-refractivity contribution is 7.15. The molecule has 2 aromatic heterocycles. The van der Waals surface area contributed by atoms with Crippen molar-refractivity contribution in [2.45, 2.75) is 13.5 Å². The fourth-order valence-electron chi connectivity index (χ4n) is 2.08. The Hall–Kier alpha value is -1.36. The van der Waals surface area contributed by atoms with Gasteiger partial charge in [0.05, 0.1) is 17.1 Å². The van der Waals surface area contributed by atoms with Crippen LogP contribution in [0.1, 0.15) is 11.4 Å². The van der Waals surface area contributed by atoms with Crippen LogP contribution in [-0.2, 0) is 6.54 Å². The lowest BCUT2D eigenvalue weighted by atomic mass is 10.2. The van der Waals surface area contributed by atoms with E-state index in [1.165, 1.54) is 0 Å². The van der Waals surface area contributed by atoms with Gasteiger partial charge in [0, 0.05) is 16.9 Å². The Labute approximate surface area is 114 Å². The van der Waals surface area contributed by atoms with Crippen molar-refractivity contribution in [3.63, 3.8) is 0 Å². The van der Waals surface area contributed by atoms with Gasteiger partial charge in [-0.1, -0.05) is 23.7 Å². The molecule has 5 heteroatoms. The summed E-state index contributed by atoms with van der Waals surface area (Å²) in [6.45, 7) is 2.48. The summed E-state index contributed by atoms with van der Waals surface area (Å²) in [4.78, 5) is 5.51. The molecule has 2 heterocycles. The molecule has 0 radical (unpaired) electrons. The Morgan fingerprint density at radius 2 is 2.06 bits per heavy atom. The van der Waals surface area contributed by atoms with Gasteiger partial charge in [-0.2, -0.15) is 0 Å². The molecule has 0 spiro atoms. The number of nitrogens with two attached hydrogens (primary N) is 1. The second-order valence-corrected chi connectivity index (χ2v) is 5.37.